The predicted molar refractivity (Wildman–Crippen MR) is 85.5 cm³/mol. The lowest BCUT2D eigenvalue weighted by molar-refractivity contribution is 0.0623. The van der Waals surface area contributed by atoms with Gasteiger partial charge in [-0.2, -0.15) is 0 Å². The molecular formula is C16H22N4O2. The van der Waals surface area contributed by atoms with Crippen LogP contribution in [0.5, 0.6) is 0 Å². The van der Waals surface area contributed by atoms with E-state index in [9.17, 15) is 9.59 Å². The molecule has 2 aliphatic rings. The van der Waals surface area contributed by atoms with Gasteiger partial charge < -0.3 is 16.4 Å². The molecule has 1 aromatic carbocycles. The number of nitrogen functional groups attached to an aromatic ring is 2. The van der Waals surface area contributed by atoms with Gasteiger partial charge in [0.05, 0.1) is 22.5 Å². The van der Waals surface area contributed by atoms with Crippen molar-refractivity contribution < 1.29 is 9.59 Å². The van der Waals surface area contributed by atoms with E-state index >= 15 is 0 Å². The number of hydrogen-bond donors (Lipinski definition) is 2. The van der Waals surface area contributed by atoms with Gasteiger partial charge in [0.25, 0.3) is 11.8 Å². The Kier molecular flexibility index (Phi) is 3.78. The van der Waals surface area contributed by atoms with E-state index in [0.29, 0.717) is 29.0 Å². The molecule has 0 aromatic heterocycles. The van der Waals surface area contributed by atoms with Gasteiger partial charge >= 0.3 is 0 Å². The van der Waals surface area contributed by atoms with Crippen LogP contribution in [-0.2, 0) is 0 Å². The first-order chi connectivity index (χ1) is 10.5. The van der Waals surface area contributed by atoms with Crippen molar-refractivity contribution >= 4 is 23.2 Å². The average molecular weight is 302 g/mol. The van der Waals surface area contributed by atoms with Crippen molar-refractivity contribution in [1.82, 2.24) is 9.80 Å². The molecule has 6 heteroatoms. The summed E-state index contributed by atoms with van der Waals surface area (Å²) in [5.74, 6) is -0.282. The summed E-state index contributed by atoms with van der Waals surface area (Å²) in [6, 6.07) is 3.02. The summed E-state index contributed by atoms with van der Waals surface area (Å²) in [7, 11) is 0. The molecule has 2 amide bonds. The lowest BCUT2D eigenvalue weighted by atomic mass is 10.1. The second kappa shape index (κ2) is 5.61. The molecule has 1 fully saturated rings. The lowest BCUT2D eigenvalue weighted by Gasteiger charge is -2.23. The summed E-state index contributed by atoms with van der Waals surface area (Å²) in [5, 5.41) is 0. The highest BCUT2D eigenvalue weighted by Crippen LogP contribution is 2.29. The van der Waals surface area contributed by atoms with E-state index in [1.807, 2.05) is 0 Å². The second-order valence-corrected chi connectivity index (χ2v) is 6.36. The Labute approximate surface area is 130 Å². The van der Waals surface area contributed by atoms with Crippen LogP contribution in [0.3, 0.4) is 0 Å². The minimum atomic E-state index is -0.264. The molecule has 0 saturated carbocycles. The fourth-order valence-electron chi connectivity index (χ4n) is 3.31. The van der Waals surface area contributed by atoms with E-state index in [1.165, 1.54) is 29.9 Å². The fraction of sp³-hybridized carbons (Fsp3) is 0.500. The first kappa shape index (κ1) is 14.8. The molecule has 4 N–H and O–H groups in total. The van der Waals surface area contributed by atoms with Crippen molar-refractivity contribution in [2.24, 2.45) is 5.92 Å². The lowest BCUT2D eigenvalue weighted by Crippen LogP contribution is -2.37. The first-order valence-corrected chi connectivity index (χ1v) is 7.75. The second-order valence-electron chi connectivity index (χ2n) is 6.36. The van der Waals surface area contributed by atoms with E-state index in [-0.39, 0.29) is 17.7 Å². The summed E-state index contributed by atoms with van der Waals surface area (Å²) < 4.78 is 0. The van der Waals surface area contributed by atoms with E-state index in [2.05, 4.69) is 11.8 Å². The number of hydrogen-bond acceptors (Lipinski definition) is 5. The molecule has 1 atom stereocenters. The number of anilines is 2. The number of likely N-dealkylation sites (tertiary alicyclic amines) is 1. The van der Waals surface area contributed by atoms with Gasteiger partial charge in [0.1, 0.15) is 0 Å². The normalized spacial score (nSPS) is 19.8. The first-order valence-electron chi connectivity index (χ1n) is 7.75. The van der Waals surface area contributed by atoms with E-state index in [1.54, 1.807) is 0 Å². The van der Waals surface area contributed by atoms with Crippen LogP contribution >= 0.6 is 0 Å². The third-order valence-corrected chi connectivity index (χ3v) is 4.44. The molecule has 6 nitrogen and oxygen atoms in total. The van der Waals surface area contributed by atoms with Crippen LogP contribution in [0.2, 0.25) is 0 Å². The maximum Gasteiger partial charge on any atom is 0.261 e. The van der Waals surface area contributed by atoms with Crippen LogP contribution in [0, 0.1) is 5.92 Å². The van der Waals surface area contributed by atoms with Gasteiger partial charge in [0.2, 0.25) is 0 Å². The maximum absolute atomic E-state index is 12.4. The molecule has 1 saturated heterocycles. The van der Waals surface area contributed by atoms with Gasteiger partial charge in [-0.1, -0.05) is 6.92 Å². The van der Waals surface area contributed by atoms with E-state index in [0.717, 1.165) is 19.6 Å². The molecule has 3 rings (SSSR count). The highest BCUT2D eigenvalue weighted by atomic mass is 16.2. The zero-order chi connectivity index (χ0) is 15.9. The summed E-state index contributed by atoms with van der Waals surface area (Å²) in [6.45, 7) is 5.64. The fourth-order valence-corrected chi connectivity index (χ4v) is 3.31. The summed E-state index contributed by atoms with van der Waals surface area (Å²) in [4.78, 5) is 28.6. The van der Waals surface area contributed by atoms with Gasteiger partial charge in [-0.15, -0.1) is 0 Å². The highest BCUT2D eigenvalue weighted by molar-refractivity contribution is 6.22. The van der Waals surface area contributed by atoms with Crippen LogP contribution in [0.25, 0.3) is 0 Å². The van der Waals surface area contributed by atoms with Gasteiger partial charge in [0, 0.05) is 13.1 Å². The average Bonchev–Trinajstić information content (AvgIpc) is 3.04. The Morgan fingerprint density at radius 1 is 1.00 bits per heavy atom. The smallest absolute Gasteiger partial charge is 0.261 e. The van der Waals surface area contributed by atoms with Crippen molar-refractivity contribution in [3.63, 3.8) is 0 Å². The molecule has 1 unspecified atom stereocenters. The number of carbonyl (C=O) groups excluding carboxylic acids is 2. The van der Waals surface area contributed by atoms with Crippen molar-refractivity contribution in [3.05, 3.63) is 23.3 Å². The molecule has 1 aromatic rings. The van der Waals surface area contributed by atoms with Crippen molar-refractivity contribution in [2.75, 3.05) is 37.6 Å². The Hall–Kier alpha value is -2.08. The number of nitrogens with zero attached hydrogens (tertiary/aromatic N) is 2. The van der Waals surface area contributed by atoms with Gasteiger partial charge in [-0.05, 0) is 44.0 Å². The molecule has 0 radical (unpaired) electrons. The number of imide groups is 1. The highest BCUT2D eigenvalue weighted by Gasteiger charge is 2.37. The van der Waals surface area contributed by atoms with Crippen molar-refractivity contribution in [3.8, 4) is 0 Å². The zero-order valence-electron chi connectivity index (χ0n) is 12.8. The molecule has 0 aliphatic carbocycles. The van der Waals surface area contributed by atoms with Crippen molar-refractivity contribution in [1.29, 1.82) is 0 Å². The quantitative estimate of drug-likeness (QED) is 0.643. The Morgan fingerprint density at radius 2 is 1.50 bits per heavy atom. The largest absolute Gasteiger partial charge is 0.397 e. The standard InChI is InChI=1S/C16H22N4O2/c1-10(8-19-4-2-3-5-19)9-20-15(21)11-6-13(17)14(18)7-12(11)16(20)22/h6-7,10H,2-5,8-9,17-18H2,1H3. The molecular weight excluding hydrogens is 280 g/mol. The minimum Gasteiger partial charge on any atom is -0.397 e. The topological polar surface area (TPSA) is 92.7 Å². The maximum atomic E-state index is 12.4. The Morgan fingerprint density at radius 3 is 2.00 bits per heavy atom. The van der Waals surface area contributed by atoms with E-state index in [4.69, 9.17) is 11.5 Å². The summed E-state index contributed by atoms with van der Waals surface area (Å²) in [5.41, 5.74) is 12.9. The summed E-state index contributed by atoms with van der Waals surface area (Å²) in [6.07, 6.45) is 2.47. The summed E-state index contributed by atoms with van der Waals surface area (Å²) >= 11 is 0. The molecule has 0 spiro atoms. The number of rotatable bonds is 4. The Bertz CT molecular complexity index is 582. The zero-order valence-corrected chi connectivity index (χ0v) is 12.8. The molecule has 118 valence electrons. The molecule has 2 aliphatic heterocycles. The van der Waals surface area contributed by atoms with Crippen LogP contribution < -0.4 is 11.5 Å². The molecule has 0 bridgehead atoms. The predicted octanol–water partition coefficient (Wildman–Crippen LogP) is 1.18. The third kappa shape index (κ3) is 2.54. The monoisotopic (exact) mass is 302 g/mol. The number of amides is 2. The number of nitrogens with two attached hydrogens (primary N) is 2. The number of benzene rings is 1. The molecule has 22 heavy (non-hydrogen) atoms. The SMILES string of the molecule is CC(CN1CCCC1)CN1C(=O)c2cc(N)c(N)cc2C1=O. The van der Waals surface area contributed by atoms with E-state index < -0.39 is 0 Å². The number of carbonyl (C=O) groups is 2. The van der Waals surface area contributed by atoms with Crippen molar-refractivity contribution in [2.45, 2.75) is 19.8 Å². The minimum absolute atomic E-state index is 0.245. The Balaban J connectivity index is 1.73. The van der Waals surface area contributed by atoms with Gasteiger partial charge in [-0.3, -0.25) is 14.5 Å². The van der Waals surface area contributed by atoms with Crippen LogP contribution in [0.15, 0.2) is 12.1 Å². The number of fused-ring (bicyclic) bond motifs is 1. The van der Waals surface area contributed by atoms with Crippen LogP contribution in [0.4, 0.5) is 11.4 Å². The van der Waals surface area contributed by atoms with Gasteiger partial charge in [0.15, 0.2) is 0 Å². The molecule has 2 heterocycles. The third-order valence-electron chi connectivity index (χ3n) is 4.44. The van der Waals surface area contributed by atoms with Crippen LogP contribution in [0.1, 0.15) is 40.5 Å². The van der Waals surface area contributed by atoms with Gasteiger partial charge in [-0.25, -0.2) is 0 Å². The van der Waals surface area contributed by atoms with Crippen LogP contribution in [-0.4, -0.2) is 47.8 Å².